The summed E-state index contributed by atoms with van der Waals surface area (Å²) in [5.41, 5.74) is 6.86. The number of nitrogens with two attached hydrogens (primary N) is 1. The van der Waals surface area contributed by atoms with E-state index in [0.717, 1.165) is 19.4 Å². The SMILES string of the molecule is NC(=O)COc1cccc(C(=O)N2CCC[C@@H]2c2cccc3ccccc23)c1. The van der Waals surface area contributed by atoms with Gasteiger partial charge in [-0.1, -0.05) is 48.5 Å². The second kappa shape index (κ2) is 7.72. The zero-order valence-electron chi connectivity index (χ0n) is 15.5. The minimum Gasteiger partial charge on any atom is -0.484 e. The minimum atomic E-state index is -0.549. The Bertz CT molecular complexity index is 1030. The summed E-state index contributed by atoms with van der Waals surface area (Å²) in [6, 6.07) is 21.5. The Morgan fingerprint density at radius 1 is 1.04 bits per heavy atom. The van der Waals surface area contributed by atoms with Crippen molar-refractivity contribution in [3.05, 3.63) is 77.9 Å². The van der Waals surface area contributed by atoms with Gasteiger partial charge in [0, 0.05) is 12.1 Å². The zero-order valence-corrected chi connectivity index (χ0v) is 15.5. The van der Waals surface area contributed by atoms with Gasteiger partial charge in [0.15, 0.2) is 6.61 Å². The predicted octanol–water partition coefficient (Wildman–Crippen LogP) is 3.68. The third kappa shape index (κ3) is 3.56. The maximum atomic E-state index is 13.2. The molecule has 2 amide bonds. The van der Waals surface area contributed by atoms with Crippen molar-refractivity contribution in [1.82, 2.24) is 4.90 Å². The van der Waals surface area contributed by atoms with Crippen molar-refractivity contribution < 1.29 is 14.3 Å². The van der Waals surface area contributed by atoms with E-state index < -0.39 is 5.91 Å². The normalized spacial score (nSPS) is 16.3. The first-order chi connectivity index (χ1) is 13.6. The molecule has 28 heavy (non-hydrogen) atoms. The van der Waals surface area contributed by atoms with Crippen LogP contribution < -0.4 is 10.5 Å². The van der Waals surface area contributed by atoms with Crippen LogP contribution in [0.5, 0.6) is 5.75 Å². The molecule has 1 atom stereocenters. The first-order valence-corrected chi connectivity index (χ1v) is 9.43. The molecule has 0 aliphatic carbocycles. The van der Waals surface area contributed by atoms with Crippen LogP contribution in [-0.2, 0) is 4.79 Å². The molecule has 1 heterocycles. The number of nitrogens with zero attached hydrogens (tertiary/aromatic N) is 1. The Balaban J connectivity index is 1.62. The number of fused-ring (bicyclic) bond motifs is 1. The van der Waals surface area contributed by atoms with Crippen LogP contribution in [0.4, 0.5) is 0 Å². The van der Waals surface area contributed by atoms with Crippen molar-refractivity contribution in [1.29, 1.82) is 0 Å². The molecular formula is C23H22N2O3. The molecule has 0 radical (unpaired) electrons. The van der Waals surface area contributed by atoms with E-state index in [4.69, 9.17) is 10.5 Å². The highest BCUT2D eigenvalue weighted by Crippen LogP contribution is 2.37. The van der Waals surface area contributed by atoms with E-state index in [1.807, 2.05) is 17.0 Å². The molecular weight excluding hydrogens is 352 g/mol. The lowest BCUT2D eigenvalue weighted by atomic mass is 9.97. The van der Waals surface area contributed by atoms with Crippen LogP contribution in [0.15, 0.2) is 66.7 Å². The Kier molecular flexibility index (Phi) is 4.98. The molecule has 1 aliphatic rings. The fourth-order valence-electron chi connectivity index (χ4n) is 3.91. The highest BCUT2D eigenvalue weighted by molar-refractivity contribution is 5.96. The van der Waals surface area contributed by atoms with Crippen molar-refractivity contribution >= 4 is 22.6 Å². The number of benzene rings is 3. The van der Waals surface area contributed by atoms with Crippen LogP contribution in [0, 0.1) is 0 Å². The van der Waals surface area contributed by atoms with E-state index >= 15 is 0 Å². The van der Waals surface area contributed by atoms with Crippen molar-refractivity contribution in [2.24, 2.45) is 5.73 Å². The van der Waals surface area contributed by atoms with Gasteiger partial charge < -0.3 is 15.4 Å². The third-order valence-electron chi connectivity index (χ3n) is 5.16. The molecule has 142 valence electrons. The summed E-state index contributed by atoms with van der Waals surface area (Å²) < 4.78 is 5.34. The van der Waals surface area contributed by atoms with Crippen LogP contribution in [0.1, 0.15) is 34.8 Å². The topological polar surface area (TPSA) is 72.6 Å². The van der Waals surface area contributed by atoms with Crippen LogP contribution in [0.3, 0.4) is 0 Å². The molecule has 0 bridgehead atoms. The predicted molar refractivity (Wildman–Crippen MR) is 108 cm³/mol. The number of primary amides is 1. The van der Waals surface area contributed by atoms with Crippen molar-refractivity contribution in [2.45, 2.75) is 18.9 Å². The maximum Gasteiger partial charge on any atom is 0.255 e. The summed E-state index contributed by atoms with van der Waals surface area (Å²) >= 11 is 0. The van der Waals surface area contributed by atoms with E-state index in [1.54, 1.807) is 24.3 Å². The number of rotatable bonds is 5. The third-order valence-corrected chi connectivity index (χ3v) is 5.16. The Morgan fingerprint density at radius 2 is 1.82 bits per heavy atom. The number of carbonyl (C=O) groups is 2. The van der Waals surface area contributed by atoms with Crippen molar-refractivity contribution in [3.8, 4) is 5.75 Å². The van der Waals surface area contributed by atoms with E-state index in [1.165, 1.54) is 16.3 Å². The van der Waals surface area contributed by atoms with Gasteiger partial charge in [-0.25, -0.2) is 0 Å². The Hall–Kier alpha value is -3.34. The molecule has 1 fully saturated rings. The number of hydrogen-bond acceptors (Lipinski definition) is 3. The van der Waals surface area contributed by atoms with Gasteiger partial charge in [0.25, 0.3) is 11.8 Å². The van der Waals surface area contributed by atoms with Crippen LogP contribution in [0.2, 0.25) is 0 Å². The zero-order chi connectivity index (χ0) is 19.5. The monoisotopic (exact) mass is 374 g/mol. The fraction of sp³-hybridized carbons (Fsp3) is 0.217. The molecule has 3 aromatic rings. The van der Waals surface area contributed by atoms with Gasteiger partial charge in [0.05, 0.1) is 6.04 Å². The lowest BCUT2D eigenvalue weighted by Gasteiger charge is -2.26. The number of carbonyl (C=O) groups excluding carboxylic acids is 2. The molecule has 5 heteroatoms. The van der Waals surface area contributed by atoms with E-state index in [-0.39, 0.29) is 18.6 Å². The molecule has 0 unspecified atom stereocenters. The molecule has 4 rings (SSSR count). The summed E-state index contributed by atoms with van der Waals surface area (Å²) in [5.74, 6) is -0.113. The van der Waals surface area contributed by atoms with Gasteiger partial charge in [-0.05, 0) is 47.4 Å². The number of ether oxygens (including phenoxy) is 1. The Labute approximate surface area is 163 Å². The van der Waals surface area contributed by atoms with E-state index in [2.05, 4.69) is 30.3 Å². The van der Waals surface area contributed by atoms with Crippen molar-refractivity contribution in [2.75, 3.05) is 13.2 Å². The summed E-state index contributed by atoms with van der Waals surface area (Å²) in [6.07, 6.45) is 1.91. The second-order valence-corrected chi connectivity index (χ2v) is 7.01. The largest absolute Gasteiger partial charge is 0.484 e. The lowest BCUT2D eigenvalue weighted by Crippen LogP contribution is -2.30. The number of amides is 2. The van der Waals surface area contributed by atoms with Gasteiger partial charge in [0.2, 0.25) is 0 Å². The van der Waals surface area contributed by atoms with Gasteiger partial charge in [-0.15, -0.1) is 0 Å². The lowest BCUT2D eigenvalue weighted by molar-refractivity contribution is -0.119. The molecule has 0 saturated carbocycles. The molecule has 3 aromatic carbocycles. The average Bonchev–Trinajstić information content (AvgIpc) is 3.21. The molecule has 2 N–H and O–H groups in total. The maximum absolute atomic E-state index is 13.2. The van der Waals surface area contributed by atoms with Gasteiger partial charge in [-0.3, -0.25) is 9.59 Å². The molecule has 1 saturated heterocycles. The van der Waals surface area contributed by atoms with E-state index in [9.17, 15) is 9.59 Å². The van der Waals surface area contributed by atoms with Gasteiger partial charge >= 0.3 is 0 Å². The molecule has 0 aromatic heterocycles. The van der Waals surface area contributed by atoms with Gasteiger partial charge in [0.1, 0.15) is 5.75 Å². The quantitative estimate of drug-likeness (QED) is 0.740. The minimum absolute atomic E-state index is 0.0278. The second-order valence-electron chi connectivity index (χ2n) is 7.01. The van der Waals surface area contributed by atoms with Crippen molar-refractivity contribution in [3.63, 3.8) is 0 Å². The Morgan fingerprint density at radius 3 is 2.68 bits per heavy atom. The van der Waals surface area contributed by atoms with Crippen LogP contribution >= 0.6 is 0 Å². The van der Waals surface area contributed by atoms with Crippen LogP contribution in [-0.4, -0.2) is 29.9 Å². The summed E-state index contributed by atoms with van der Waals surface area (Å²) in [4.78, 5) is 26.1. The first kappa shape index (κ1) is 18.0. The summed E-state index contributed by atoms with van der Waals surface area (Å²) in [6.45, 7) is 0.513. The summed E-state index contributed by atoms with van der Waals surface area (Å²) in [5, 5.41) is 2.37. The smallest absolute Gasteiger partial charge is 0.255 e. The standard InChI is InChI=1S/C23H22N2O3/c24-22(26)15-28-18-9-3-8-17(14-18)23(27)25-13-5-12-21(25)20-11-4-7-16-6-1-2-10-19(16)20/h1-4,6-11,14,21H,5,12-13,15H2,(H2,24,26)/t21-/m1/s1. The highest BCUT2D eigenvalue weighted by Gasteiger charge is 2.31. The molecule has 5 nitrogen and oxygen atoms in total. The van der Waals surface area contributed by atoms with Gasteiger partial charge in [-0.2, -0.15) is 0 Å². The number of hydrogen-bond donors (Lipinski definition) is 1. The summed E-state index contributed by atoms with van der Waals surface area (Å²) in [7, 11) is 0. The number of likely N-dealkylation sites (tertiary alicyclic amines) is 1. The van der Waals surface area contributed by atoms with Crippen LogP contribution in [0.25, 0.3) is 10.8 Å². The molecule has 1 aliphatic heterocycles. The highest BCUT2D eigenvalue weighted by atomic mass is 16.5. The van der Waals surface area contributed by atoms with E-state index in [0.29, 0.717) is 11.3 Å². The average molecular weight is 374 g/mol. The fourth-order valence-corrected chi connectivity index (χ4v) is 3.91. The first-order valence-electron chi connectivity index (χ1n) is 9.43. The molecule has 0 spiro atoms.